The van der Waals surface area contributed by atoms with Crippen molar-refractivity contribution in [2.45, 2.75) is 33.6 Å². The summed E-state index contributed by atoms with van der Waals surface area (Å²) in [6.07, 6.45) is 3.44. The normalized spacial score (nSPS) is 10.6. The topological polar surface area (TPSA) is 55.0 Å². The van der Waals surface area contributed by atoms with E-state index in [1.807, 2.05) is 7.05 Å². The Bertz CT molecular complexity index is 607. The molecule has 4 nitrogen and oxygen atoms in total. The van der Waals surface area contributed by atoms with Crippen molar-refractivity contribution in [3.8, 4) is 0 Å². The summed E-state index contributed by atoms with van der Waals surface area (Å²) in [5.41, 5.74) is 10.7. The molecular formula is C16H22N4. The molecule has 0 aliphatic rings. The smallest absolute Gasteiger partial charge is 0.141 e. The number of nitrogen functional groups attached to an aromatic ring is 1. The van der Waals surface area contributed by atoms with Crippen LogP contribution in [0.2, 0.25) is 0 Å². The van der Waals surface area contributed by atoms with Crippen LogP contribution in [0.5, 0.6) is 0 Å². The largest absolute Gasteiger partial charge is 0.383 e. The van der Waals surface area contributed by atoms with Gasteiger partial charge in [-0.15, -0.1) is 0 Å². The maximum absolute atomic E-state index is 6.01. The first kappa shape index (κ1) is 14.3. The van der Waals surface area contributed by atoms with Crippen LogP contribution in [-0.4, -0.2) is 17.0 Å². The molecule has 106 valence electrons. The van der Waals surface area contributed by atoms with Gasteiger partial charge in [0.15, 0.2) is 0 Å². The zero-order valence-corrected chi connectivity index (χ0v) is 12.6. The highest BCUT2D eigenvalue weighted by Gasteiger charge is 2.15. The zero-order valence-electron chi connectivity index (χ0n) is 12.6. The first-order valence-electron chi connectivity index (χ1n) is 6.95. The van der Waals surface area contributed by atoms with Gasteiger partial charge in [-0.05, 0) is 31.9 Å². The molecular weight excluding hydrogens is 248 g/mol. The van der Waals surface area contributed by atoms with E-state index in [0.717, 1.165) is 29.9 Å². The summed E-state index contributed by atoms with van der Waals surface area (Å²) in [5.74, 6) is 1.47. The highest BCUT2D eigenvalue weighted by molar-refractivity contribution is 5.68. The van der Waals surface area contributed by atoms with E-state index in [1.165, 1.54) is 17.5 Å². The minimum atomic E-state index is 0.577. The average Bonchev–Trinajstić information content (AvgIpc) is 2.40. The van der Waals surface area contributed by atoms with Crippen molar-refractivity contribution in [1.29, 1.82) is 0 Å². The van der Waals surface area contributed by atoms with Crippen LogP contribution in [-0.2, 0) is 6.42 Å². The Morgan fingerprint density at radius 3 is 2.60 bits per heavy atom. The van der Waals surface area contributed by atoms with E-state index < -0.39 is 0 Å². The fourth-order valence-corrected chi connectivity index (χ4v) is 2.49. The van der Waals surface area contributed by atoms with Gasteiger partial charge in [-0.25, -0.2) is 9.97 Å². The lowest BCUT2D eigenvalue weighted by molar-refractivity contribution is 0.895. The van der Waals surface area contributed by atoms with Gasteiger partial charge in [-0.2, -0.15) is 0 Å². The highest BCUT2D eigenvalue weighted by Crippen LogP contribution is 2.30. The fraction of sp³-hybridized carbons (Fsp3) is 0.375. The molecule has 20 heavy (non-hydrogen) atoms. The Kier molecular flexibility index (Phi) is 4.23. The third-order valence-corrected chi connectivity index (χ3v) is 3.49. The quantitative estimate of drug-likeness (QED) is 0.925. The van der Waals surface area contributed by atoms with Crippen molar-refractivity contribution in [1.82, 2.24) is 9.97 Å². The summed E-state index contributed by atoms with van der Waals surface area (Å²) >= 11 is 0. The predicted molar refractivity (Wildman–Crippen MR) is 84.4 cm³/mol. The molecule has 2 aromatic rings. The van der Waals surface area contributed by atoms with Gasteiger partial charge in [-0.1, -0.05) is 31.0 Å². The minimum absolute atomic E-state index is 0.577. The van der Waals surface area contributed by atoms with Crippen LogP contribution in [0.25, 0.3) is 0 Å². The van der Waals surface area contributed by atoms with Gasteiger partial charge in [0.2, 0.25) is 0 Å². The summed E-state index contributed by atoms with van der Waals surface area (Å²) < 4.78 is 0. The molecule has 2 N–H and O–H groups in total. The number of nitrogens with zero attached hydrogens (tertiary/aromatic N) is 3. The van der Waals surface area contributed by atoms with Crippen molar-refractivity contribution in [3.05, 3.63) is 41.2 Å². The lowest BCUT2D eigenvalue weighted by Gasteiger charge is -2.23. The molecule has 4 heteroatoms. The zero-order chi connectivity index (χ0) is 14.7. The van der Waals surface area contributed by atoms with E-state index in [1.54, 1.807) is 0 Å². The first-order chi connectivity index (χ1) is 9.54. The maximum atomic E-state index is 6.01. The Morgan fingerprint density at radius 2 is 1.95 bits per heavy atom. The number of hydrogen-bond donors (Lipinski definition) is 1. The van der Waals surface area contributed by atoms with E-state index in [2.05, 4.69) is 53.8 Å². The first-order valence-corrected chi connectivity index (χ1v) is 6.95. The standard InChI is InChI=1S/C16H22N4/c1-5-6-13-15(17)18-10-19-16(13)20(4)14-8-7-11(2)9-12(14)3/h7-10H,5-6H2,1-4H3,(H2,17,18,19). The molecule has 0 saturated heterocycles. The average molecular weight is 270 g/mol. The molecule has 0 saturated carbocycles. The summed E-state index contributed by atoms with van der Waals surface area (Å²) in [6.45, 7) is 6.35. The molecule has 0 amide bonds. The van der Waals surface area contributed by atoms with Crippen LogP contribution < -0.4 is 10.6 Å². The van der Waals surface area contributed by atoms with Gasteiger partial charge in [0.05, 0.1) is 0 Å². The number of hydrogen-bond acceptors (Lipinski definition) is 4. The highest BCUT2D eigenvalue weighted by atomic mass is 15.2. The Labute approximate surface area is 120 Å². The van der Waals surface area contributed by atoms with Crippen molar-refractivity contribution < 1.29 is 0 Å². The van der Waals surface area contributed by atoms with E-state index in [4.69, 9.17) is 5.73 Å². The van der Waals surface area contributed by atoms with Crippen molar-refractivity contribution in [2.24, 2.45) is 0 Å². The molecule has 1 aromatic carbocycles. The summed E-state index contributed by atoms with van der Waals surface area (Å²) in [5, 5.41) is 0. The summed E-state index contributed by atoms with van der Waals surface area (Å²) in [4.78, 5) is 10.6. The molecule has 0 spiro atoms. The molecule has 1 heterocycles. The van der Waals surface area contributed by atoms with Gasteiger partial charge in [-0.3, -0.25) is 0 Å². The number of benzene rings is 1. The summed E-state index contributed by atoms with van der Waals surface area (Å²) in [7, 11) is 2.03. The molecule has 1 aromatic heterocycles. The van der Waals surface area contributed by atoms with E-state index in [-0.39, 0.29) is 0 Å². The van der Waals surface area contributed by atoms with Gasteiger partial charge < -0.3 is 10.6 Å². The number of aryl methyl sites for hydroxylation is 2. The van der Waals surface area contributed by atoms with Crippen LogP contribution in [0.3, 0.4) is 0 Å². The SMILES string of the molecule is CCCc1c(N)ncnc1N(C)c1ccc(C)cc1C. The maximum Gasteiger partial charge on any atom is 0.141 e. The van der Waals surface area contributed by atoms with Crippen LogP contribution in [0.4, 0.5) is 17.3 Å². The molecule has 0 unspecified atom stereocenters. The van der Waals surface area contributed by atoms with Gasteiger partial charge >= 0.3 is 0 Å². The molecule has 2 rings (SSSR count). The third-order valence-electron chi connectivity index (χ3n) is 3.49. The third kappa shape index (κ3) is 2.74. The second kappa shape index (κ2) is 5.90. The Hall–Kier alpha value is -2.10. The van der Waals surface area contributed by atoms with Crippen LogP contribution in [0, 0.1) is 13.8 Å². The van der Waals surface area contributed by atoms with Crippen LogP contribution >= 0.6 is 0 Å². The fourth-order valence-electron chi connectivity index (χ4n) is 2.49. The molecule has 0 atom stereocenters. The van der Waals surface area contributed by atoms with Crippen LogP contribution in [0.1, 0.15) is 30.0 Å². The second-order valence-corrected chi connectivity index (χ2v) is 5.16. The van der Waals surface area contributed by atoms with Crippen LogP contribution in [0.15, 0.2) is 24.5 Å². The van der Waals surface area contributed by atoms with Crippen molar-refractivity contribution in [2.75, 3.05) is 17.7 Å². The van der Waals surface area contributed by atoms with E-state index in [0.29, 0.717) is 5.82 Å². The lowest BCUT2D eigenvalue weighted by atomic mass is 10.1. The Morgan fingerprint density at radius 1 is 1.20 bits per heavy atom. The second-order valence-electron chi connectivity index (χ2n) is 5.16. The Balaban J connectivity index is 2.47. The van der Waals surface area contributed by atoms with E-state index in [9.17, 15) is 0 Å². The molecule has 0 aliphatic heterocycles. The van der Waals surface area contributed by atoms with Crippen molar-refractivity contribution in [3.63, 3.8) is 0 Å². The summed E-state index contributed by atoms with van der Waals surface area (Å²) in [6, 6.07) is 6.41. The van der Waals surface area contributed by atoms with Gasteiger partial charge in [0.1, 0.15) is 18.0 Å². The molecule has 0 radical (unpaired) electrons. The minimum Gasteiger partial charge on any atom is -0.383 e. The number of rotatable bonds is 4. The van der Waals surface area contributed by atoms with Gasteiger partial charge in [0, 0.05) is 18.3 Å². The lowest BCUT2D eigenvalue weighted by Crippen LogP contribution is -2.16. The molecule has 0 aliphatic carbocycles. The van der Waals surface area contributed by atoms with Gasteiger partial charge in [0.25, 0.3) is 0 Å². The van der Waals surface area contributed by atoms with E-state index >= 15 is 0 Å². The predicted octanol–water partition coefficient (Wildman–Crippen LogP) is 3.40. The van der Waals surface area contributed by atoms with Crippen molar-refractivity contribution >= 4 is 17.3 Å². The number of aromatic nitrogens is 2. The molecule has 0 bridgehead atoms. The monoisotopic (exact) mass is 270 g/mol. The molecule has 0 fully saturated rings. The number of nitrogens with two attached hydrogens (primary N) is 1. The number of anilines is 3.